The van der Waals surface area contributed by atoms with Crippen LogP contribution in [0.25, 0.3) is 0 Å². The van der Waals surface area contributed by atoms with E-state index in [1.54, 1.807) is 0 Å². The maximum absolute atomic E-state index is 11.3. The first-order chi connectivity index (χ1) is 6.66. The monoisotopic (exact) mass is 214 g/mol. The number of carbonyl (C=O) groups excluding carboxylic acids is 2. The van der Waals surface area contributed by atoms with Gasteiger partial charge in [0.15, 0.2) is 0 Å². The average molecular weight is 214 g/mol. The number of hydrogen-bond donors (Lipinski definition) is 1. The lowest BCUT2D eigenvalue weighted by Crippen LogP contribution is -2.34. The van der Waals surface area contributed by atoms with Crippen molar-refractivity contribution in [3.8, 4) is 0 Å². The van der Waals surface area contributed by atoms with Crippen LogP contribution in [0.1, 0.15) is 12.8 Å². The van der Waals surface area contributed by atoms with E-state index in [-0.39, 0.29) is 30.0 Å². The Kier molecular flexibility index (Phi) is 1.63. The SMILES string of the molecule is O=C(S)OC1C2CC3C(=O)OC1C3C2. The van der Waals surface area contributed by atoms with Crippen molar-refractivity contribution in [3.63, 3.8) is 0 Å². The quantitative estimate of drug-likeness (QED) is 0.522. The van der Waals surface area contributed by atoms with Crippen LogP contribution in [-0.2, 0) is 14.3 Å². The zero-order chi connectivity index (χ0) is 9.87. The largest absolute Gasteiger partial charge is 0.458 e. The molecule has 0 aromatic carbocycles. The fraction of sp³-hybridized carbons (Fsp3) is 0.778. The van der Waals surface area contributed by atoms with Crippen molar-refractivity contribution in [1.82, 2.24) is 0 Å². The van der Waals surface area contributed by atoms with Gasteiger partial charge in [-0.3, -0.25) is 4.79 Å². The molecule has 4 nitrogen and oxygen atoms in total. The molecule has 3 fully saturated rings. The summed E-state index contributed by atoms with van der Waals surface area (Å²) in [7, 11) is 0. The molecule has 5 atom stereocenters. The van der Waals surface area contributed by atoms with Gasteiger partial charge < -0.3 is 9.47 Å². The first-order valence-electron chi connectivity index (χ1n) is 4.77. The third-order valence-corrected chi connectivity index (χ3v) is 3.76. The van der Waals surface area contributed by atoms with Crippen LogP contribution >= 0.6 is 12.6 Å². The molecule has 2 aliphatic carbocycles. The lowest BCUT2D eigenvalue weighted by Gasteiger charge is -2.24. The van der Waals surface area contributed by atoms with Gasteiger partial charge in [0.2, 0.25) is 0 Å². The number of carbonyl (C=O) groups is 2. The Morgan fingerprint density at radius 1 is 1.50 bits per heavy atom. The van der Waals surface area contributed by atoms with Crippen molar-refractivity contribution < 1.29 is 19.1 Å². The summed E-state index contributed by atoms with van der Waals surface area (Å²) in [5.74, 6) is 0.544. The second-order valence-electron chi connectivity index (χ2n) is 4.25. The van der Waals surface area contributed by atoms with Gasteiger partial charge in [-0.2, -0.15) is 0 Å². The Labute approximate surface area is 86.3 Å². The molecular weight excluding hydrogens is 204 g/mol. The maximum Gasteiger partial charge on any atom is 0.364 e. The van der Waals surface area contributed by atoms with E-state index < -0.39 is 5.30 Å². The third kappa shape index (κ3) is 0.960. The highest BCUT2D eigenvalue weighted by atomic mass is 32.1. The van der Waals surface area contributed by atoms with E-state index in [4.69, 9.17) is 9.47 Å². The molecule has 0 N–H and O–H groups in total. The third-order valence-electron chi connectivity index (χ3n) is 3.65. The van der Waals surface area contributed by atoms with Crippen molar-refractivity contribution >= 4 is 23.9 Å². The summed E-state index contributed by atoms with van der Waals surface area (Å²) in [5.41, 5.74) is 0. The lowest BCUT2D eigenvalue weighted by atomic mass is 9.88. The molecule has 14 heavy (non-hydrogen) atoms. The summed E-state index contributed by atoms with van der Waals surface area (Å²) < 4.78 is 10.3. The second-order valence-corrected chi connectivity index (χ2v) is 4.62. The number of rotatable bonds is 1. The van der Waals surface area contributed by atoms with Crippen LogP contribution in [0.15, 0.2) is 0 Å². The van der Waals surface area contributed by atoms with E-state index in [9.17, 15) is 9.59 Å². The second kappa shape index (κ2) is 2.66. The van der Waals surface area contributed by atoms with Crippen LogP contribution in [0, 0.1) is 17.8 Å². The van der Waals surface area contributed by atoms with Crippen molar-refractivity contribution in [3.05, 3.63) is 0 Å². The van der Waals surface area contributed by atoms with Crippen molar-refractivity contribution in [1.29, 1.82) is 0 Å². The number of hydrogen-bond acceptors (Lipinski definition) is 4. The molecule has 5 heteroatoms. The van der Waals surface area contributed by atoms with Crippen LogP contribution in [-0.4, -0.2) is 23.5 Å². The van der Waals surface area contributed by atoms with E-state index in [0.717, 1.165) is 12.8 Å². The molecule has 1 saturated heterocycles. The first-order valence-corrected chi connectivity index (χ1v) is 5.21. The molecule has 0 aromatic rings. The van der Waals surface area contributed by atoms with E-state index in [1.165, 1.54) is 0 Å². The van der Waals surface area contributed by atoms with Crippen molar-refractivity contribution in [2.75, 3.05) is 0 Å². The van der Waals surface area contributed by atoms with Gasteiger partial charge in [0.1, 0.15) is 12.2 Å². The highest BCUT2D eigenvalue weighted by Gasteiger charge is 2.63. The van der Waals surface area contributed by atoms with Gasteiger partial charge in [0.05, 0.1) is 5.92 Å². The minimum Gasteiger partial charge on any atom is -0.458 e. The van der Waals surface area contributed by atoms with Crippen LogP contribution in [0.2, 0.25) is 0 Å². The summed E-state index contributed by atoms with van der Waals surface area (Å²) in [6.45, 7) is 0. The van der Waals surface area contributed by atoms with Crippen molar-refractivity contribution in [2.24, 2.45) is 17.8 Å². The van der Waals surface area contributed by atoms with Gasteiger partial charge in [-0.25, -0.2) is 4.79 Å². The zero-order valence-electron chi connectivity index (χ0n) is 7.38. The Balaban J connectivity index is 1.85. The smallest absolute Gasteiger partial charge is 0.364 e. The molecule has 1 aliphatic heterocycles. The Bertz CT molecular complexity index is 316. The van der Waals surface area contributed by atoms with Crippen LogP contribution in [0.3, 0.4) is 0 Å². The summed E-state index contributed by atoms with van der Waals surface area (Å²) >= 11 is 3.58. The predicted molar refractivity (Wildman–Crippen MR) is 48.8 cm³/mol. The standard InChI is InChI=1S/C9H10O4S/c10-8-5-2-3-1-4(5)7(12-8)6(3)13-9(11)14/h3-7H,1-2H2,(H,11,14). The summed E-state index contributed by atoms with van der Waals surface area (Å²) in [6.07, 6.45) is 1.33. The normalized spacial score (nSPS) is 48.1. The van der Waals surface area contributed by atoms with Crippen molar-refractivity contribution in [2.45, 2.75) is 25.0 Å². The fourth-order valence-corrected chi connectivity index (χ4v) is 3.30. The van der Waals surface area contributed by atoms with Crippen LogP contribution in [0.4, 0.5) is 4.79 Å². The van der Waals surface area contributed by atoms with E-state index in [1.807, 2.05) is 0 Å². The summed E-state index contributed by atoms with van der Waals surface area (Å²) in [4.78, 5) is 22.1. The molecule has 3 rings (SSSR count). The highest BCUT2D eigenvalue weighted by Crippen LogP contribution is 2.55. The van der Waals surface area contributed by atoms with E-state index >= 15 is 0 Å². The topological polar surface area (TPSA) is 52.6 Å². The number of esters is 1. The molecule has 0 aromatic heterocycles. The lowest BCUT2D eigenvalue weighted by molar-refractivity contribution is -0.145. The Morgan fingerprint density at radius 3 is 3.00 bits per heavy atom. The minimum atomic E-state index is -0.581. The molecule has 2 bridgehead atoms. The molecular formula is C9H10O4S. The molecule has 1 heterocycles. The molecule has 0 radical (unpaired) electrons. The molecule has 3 aliphatic rings. The maximum atomic E-state index is 11.3. The van der Waals surface area contributed by atoms with Gasteiger partial charge in [0.25, 0.3) is 0 Å². The van der Waals surface area contributed by atoms with Crippen LogP contribution < -0.4 is 0 Å². The highest BCUT2D eigenvalue weighted by molar-refractivity contribution is 7.96. The van der Waals surface area contributed by atoms with E-state index in [0.29, 0.717) is 5.92 Å². The Morgan fingerprint density at radius 2 is 2.29 bits per heavy atom. The zero-order valence-corrected chi connectivity index (χ0v) is 8.28. The Hall–Kier alpha value is -0.710. The first kappa shape index (κ1) is 8.59. The van der Waals surface area contributed by atoms with E-state index in [2.05, 4.69) is 12.6 Å². The molecule has 5 unspecified atom stereocenters. The summed E-state index contributed by atoms with van der Waals surface area (Å²) in [6, 6.07) is 0. The van der Waals surface area contributed by atoms with Gasteiger partial charge in [-0.05, 0) is 12.8 Å². The summed E-state index contributed by atoms with van der Waals surface area (Å²) in [5, 5.41) is -0.581. The van der Waals surface area contributed by atoms with Gasteiger partial charge >= 0.3 is 11.3 Å². The van der Waals surface area contributed by atoms with Gasteiger partial charge in [-0.15, -0.1) is 0 Å². The molecule has 76 valence electrons. The number of fused-ring (bicyclic) bond motifs is 1. The molecule has 2 saturated carbocycles. The number of thiol groups is 1. The van der Waals surface area contributed by atoms with Gasteiger partial charge in [-0.1, -0.05) is 12.6 Å². The van der Waals surface area contributed by atoms with Gasteiger partial charge in [0, 0.05) is 11.8 Å². The minimum absolute atomic E-state index is 0.0693. The average Bonchev–Trinajstić information content (AvgIpc) is 2.67. The fourth-order valence-electron chi connectivity index (χ4n) is 3.18. The number of ether oxygens (including phenoxy) is 2. The predicted octanol–water partition coefficient (Wildman–Crippen LogP) is 1.00. The molecule has 0 spiro atoms. The molecule has 0 amide bonds. The van der Waals surface area contributed by atoms with Crippen LogP contribution in [0.5, 0.6) is 0 Å².